The highest BCUT2D eigenvalue weighted by Crippen LogP contribution is 2.31. The molecule has 0 atom stereocenters. The van der Waals surface area contributed by atoms with Crippen LogP contribution in [0.2, 0.25) is 0 Å². The predicted octanol–water partition coefficient (Wildman–Crippen LogP) is 4.36. The molecule has 2 rings (SSSR count). The maximum Gasteiger partial charge on any atom is 0.311 e. The van der Waals surface area contributed by atoms with E-state index >= 15 is 0 Å². The highest BCUT2D eigenvalue weighted by Gasteiger charge is 2.16. The van der Waals surface area contributed by atoms with E-state index in [1.165, 1.54) is 16.5 Å². The van der Waals surface area contributed by atoms with Crippen LogP contribution in [-0.4, -0.2) is 11.0 Å². The molecule has 1 aromatic heterocycles. The van der Waals surface area contributed by atoms with E-state index in [-0.39, 0.29) is 11.8 Å². The lowest BCUT2D eigenvalue weighted by atomic mass is 10.2. The SMILES string of the molecule is Cc1ccsc1CNc1ccc([N+](=O)[O-])c(OC(C)C)c1. The van der Waals surface area contributed by atoms with Crippen molar-refractivity contribution in [1.82, 2.24) is 0 Å². The van der Waals surface area contributed by atoms with Gasteiger partial charge in [-0.3, -0.25) is 10.1 Å². The highest BCUT2D eigenvalue weighted by molar-refractivity contribution is 7.10. The summed E-state index contributed by atoms with van der Waals surface area (Å²) in [4.78, 5) is 11.8. The van der Waals surface area contributed by atoms with Crippen molar-refractivity contribution in [3.05, 3.63) is 50.2 Å². The standard InChI is InChI=1S/C15H18N2O3S/c1-10(2)20-14-8-12(4-5-13(14)17(18)19)16-9-15-11(3)6-7-21-15/h4-8,10,16H,9H2,1-3H3. The molecule has 0 aliphatic carbocycles. The maximum atomic E-state index is 11.0. The molecular weight excluding hydrogens is 288 g/mol. The van der Waals surface area contributed by atoms with Crippen molar-refractivity contribution < 1.29 is 9.66 Å². The van der Waals surface area contributed by atoms with Gasteiger partial charge in [0.1, 0.15) is 0 Å². The quantitative estimate of drug-likeness (QED) is 0.636. The number of anilines is 1. The molecular formula is C15H18N2O3S. The zero-order chi connectivity index (χ0) is 15.4. The van der Waals surface area contributed by atoms with E-state index in [9.17, 15) is 10.1 Å². The molecule has 0 amide bonds. The van der Waals surface area contributed by atoms with E-state index in [4.69, 9.17) is 4.74 Å². The van der Waals surface area contributed by atoms with Crippen molar-refractivity contribution >= 4 is 22.7 Å². The van der Waals surface area contributed by atoms with Crippen LogP contribution in [0, 0.1) is 17.0 Å². The molecule has 21 heavy (non-hydrogen) atoms. The summed E-state index contributed by atoms with van der Waals surface area (Å²) in [7, 11) is 0. The molecule has 0 spiro atoms. The zero-order valence-corrected chi connectivity index (χ0v) is 13.1. The summed E-state index contributed by atoms with van der Waals surface area (Å²) >= 11 is 1.69. The molecule has 1 aromatic carbocycles. The van der Waals surface area contributed by atoms with Crippen molar-refractivity contribution in [3.8, 4) is 5.75 Å². The Morgan fingerprint density at radius 1 is 1.38 bits per heavy atom. The topological polar surface area (TPSA) is 64.4 Å². The van der Waals surface area contributed by atoms with Gasteiger partial charge >= 0.3 is 5.69 Å². The summed E-state index contributed by atoms with van der Waals surface area (Å²) in [6.45, 7) is 6.46. The third-order valence-corrected chi connectivity index (χ3v) is 3.96. The van der Waals surface area contributed by atoms with Crippen LogP contribution < -0.4 is 10.1 Å². The van der Waals surface area contributed by atoms with E-state index in [2.05, 4.69) is 23.7 Å². The van der Waals surface area contributed by atoms with Gasteiger partial charge in [-0.05, 0) is 43.8 Å². The number of aryl methyl sites for hydroxylation is 1. The predicted molar refractivity (Wildman–Crippen MR) is 85.2 cm³/mol. The Hall–Kier alpha value is -2.08. The fourth-order valence-electron chi connectivity index (χ4n) is 1.89. The van der Waals surface area contributed by atoms with Crippen LogP contribution in [0.5, 0.6) is 5.75 Å². The Labute approximate surface area is 127 Å². The number of rotatable bonds is 6. The number of ether oxygens (including phenoxy) is 1. The van der Waals surface area contributed by atoms with E-state index < -0.39 is 4.92 Å². The number of benzene rings is 1. The molecule has 0 saturated heterocycles. The Bertz CT molecular complexity index is 638. The smallest absolute Gasteiger partial charge is 0.311 e. The van der Waals surface area contributed by atoms with E-state index in [1.807, 2.05) is 13.8 Å². The van der Waals surface area contributed by atoms with E-state index in [0.717, 1.165) is 5.69 Å². The van der Waals surface area contributed by atoms with Crippen LogP contribution in [0.3, 0.4) is 0 Å². The number of nitrogens with zero attached hydrogens (tertiary/aromatic N) is 1. The Morgan fingerprint density at radius 2 is 2.14 bits per heavy atom. The number of nitro groups is 1. The molecule has 5 nitrogen and oxygen atoms in total. The average molecular weight is 306 g/mol. The average Bonchev–Trinajstić information content (AvgIpc) is 2.81. The van der Waals surface area contributed by atoms with Crippen LogP contribution in [0.25, 0.3) is 0 Å². The molecule has 0 aliphatic heterocycles. The van der Waals surface area contributed by atoms with Crippen molar-refractivity contribution in [2.45, 2.75) is 33.4 Å². The summed E-state index contributed by atoms with van der Waals surface area (Å²) < 4.78 is 5.53. The van der Waals surface area contributed by atoms with Crippen LogP contribution in [0.15, 0.2) is 29.6 Å². The van der Waals surface area contributed by atoms with Gasteiger partial charge in [0, 0.05) is 29.2 Å². The minimum Gasteiger partial charge on any atom is -0.484 e. The van der Waals surface area contributed by atoms with Gasteiger partial charge in [-0.25, -0.2) is 0 Å². The summed E-state index contributed by atoms with van der Waals surface area (Å²) in [5.41, 5.74) is 2.04. The van der Waals surface area contributed by atoms with Crippen LogP contribution in [-0.2, 0) is 6.54 Å². The van der Waals surface area contributed by atoms with Gasteiger partial charge in [0.05, 0.1) is 11.0 Å². The van der Waals surface area contributed by atoms with Gasteiger partial charge in [0.15, 0.2) is 5.75 Å². The van der Waals surface area contributed by atoms with E-state index in [1.54, 1.807) is 23.5 Å². The first-order valence-corrected chi connectivity index (χ1v) is 7.57. The third-order valence-electron chi connectivity index (χ3n) is 2.94. The van der Waals surface area contributed by atoms with Crippen LogP contribution in [0.4, 0.5) is 11.4 Å². The lowest BCUT2D eigenvalue weighted by Gasteiger charge is -2.12. The molecule has 0 saturated carbocycles. The summed E-state index contributed by atoms with van der Waals surface area (Å²) in [6.07, 6.45) is -0.113. The maximum absolute atomic E-state index is 11.0. The molecule has 0 radical (unpaired) electrons. The second-order valence-electron chi connectivity index (χ2n) is 4.99. The Kier molecular flexibility index (Phi) is 4.80. The largest absolute Gasteiger partial charge is 0.484 e. The molecule has 1 N–H and O–H groups in total. The Morgan fingerprint density at radius 3 is 2.71 bits per heavy atom. The monoisotopic (exact) mass is 306 g/mol. The summed E-state index contributed by atoms with van der Waals surface area (Å²) in [5, 5.41) is 16.3. The second-order valence-corrected chi connectivity index (χ2v) is 5.99. The second kappa shape index (κ2) is 6.58. The van der Waals surface area contributed by atoms with Gasteiger partial charge in [-0.15, -0.1) is 11.3 Å². The van der Waals surface area contributed by atoms with Gasteiger partial charge in [0.25, 0.3) is 0 Å². The highest BCUT2D eigenvalue weighted by atomic mass is 32.1. The summed E-state index contributed by atoms with van der Waals surface area (Å²) in [5.74, 6) is 0.294. The van der Waals surface area contributed by atoms with Crippen molar-refractivity contribution in [1.29, 1.82) is 0 Å². The van der Waals surface area contributed by atoms with Crippen molar-refractivity contribution in [3.63, 3.8) is 0 Å². The van der Waals surface area contributed by atoms with Gasteiger partial charge in [-0.1, -0.05) is 0 Å². The number of hydrogen-bond acceptors (Lipinski definition) is 5. The minimum atomic E-state index is -0.426. The molecule has 0 aliphatic rings. The first kappa shape index (κ1) is 15.3. The zero-order valence-electron chi connectivity index (χ0n) is 12.3. The van der Waals surface area contributed by atoms with Crippen LogP contribution >= 0.6 is 11.3 Å². The van der Waals surface area contributed by atoms with Crippen molar-refractivity contribution in [2.24, 2.45) is 0 Å². The van der Waals surface area contributed by atoms with Gasteiger partial charge < -0.3 is 10.1 Å². The Balaban J connectivity index is 2.17. The van der Waals surface area contributed by atoms with Crippen molar-refractivity contribution in [2.75, 3.05) is 5.32 Å². The molecule has 112 valence electrons. The fraction of sp³-hybridized carbons (Fsp3) is 0.333. The molecule has 2 aromatic rings. The normalized spacial score (nSPS) is 10.7. The number of nitro benzene ring substituents is 1. The first-order valence-electron chi connectivity index (χ1n) is 6.69. The third kappa shape index (κ3) is 3.95. The summed E-state index contributed by atoms with van der Waals surface area (Å²) in [6, 6.07) is 6.93. The first-order chi connectivity index (χ1) is 9.97. The van der Waals surface area contributed by atoms with E-state index in [0.29, 0.717) is 12.3 Å². The van der Waals surface area contributed by atoms with Gasteiger partial charge in [0.2, 0.25) is 0 Å². The molecule has 6 heteroatoms. The van der Waals surface area contributed by atoms with Crippen LogP contribution in [0.1, 0.15) is 24.3 Å². The molecule has 1 heterocycles. The minimum absolute atomic E-state index is 0.0124. The molecule has 0 fully saturated rings. The fourth-order valence-corrected chi connectivity index (χ4v) is 2.74. The lowest BCUT2D eigenvalue weighted by molar-refractivity contribution is -0.386. The molecule has 0 unspecified atom stereocenters. The number of nitrogens with one attached hydrogen (secondary N) is 1. The number of thiophene rings is 1. The lowest BCUT2D eigenvalue weighted by Crippen LogP contribution is -2.08. The number of hydrogen-bond donors (Lipinski definition) is 1. The molecule has 0 bridgehead atoms. The van der Waals surface area contributed by atoms with Gasteiger partial charge in [-0.2, -0.15) is 0 Å².